The summed E-state index contributed by atoms with van der Waals surface area (Å²) in [5.41, 5.74) is 14.3. The van der Waals surface area contributed by atoms with Gasteiger partial charge in [-0.25, -0.2) is 0 Å². The SMILES string of the molecule is c1ccc(-c2cccc(N(c3ccccc3)c3ccc(-c4ccc5cc6c(cc5c4)-c4cccc5cccc(c45)N6c4ccc5sc6ccccc6c5c4)cc3)c2)cc1. The molecule has 0 saturated carbocycles. The maximum atomic E-state index is 2.48. The summed E-state index contributed by atoms with van der Waals surface area (Å²) in [7, 11) is 0. The molecule has 3 heteroatoms. The van der Waals surface area contributed by atoms with Crippen molar-refractivity contribution in [3.8, 4) is 33.4 Å². The number of hydrogen-bond acceptors (Lipinski definition) is 3. The van der Waals surface area contributed by atoms with Crippen molar-refractivity contribution in [1.82, 2.24) is 0 Å². The first-order chi connectivity index (χ1) is 29.2. The number of benzene rings is 10. The van der Waals surface area contributed by atoms with Gasteiger partial charge in [0.05, 0.1) is 11.4 Å². The molecule has 59 heavy (non-hydrogen) atoms. The van der Waals surface area contributed by atoms with E-state index in [1.54, 1.807) is 0 Å². The second-order valence-electron chi connectivity index (χ2n) is 15.4. The third kappa shape index (κ3) is 5.62. The van der Waals surface area contributed by atoms with Gasteiger partial charge in [-0.1, -0.05) is 133 Å². The second kappa shape index (κ2) is 13.6. The van der Waals surface area contributed by atoms with Crippen LogP contribution in [0.4, 0.5) is 34.1 Å². The van der Waals surface area contributed by atoms with E-state index < -0.39 is 0 Å². The molecule has 0 amide bonds. The van der Waals surface area contributed by atoms with E-state index in [0.717, 1.165) is 17.1 Å². The van der Waals surface area contributed by atoms with E-state index in [-0.39, 0.29) is 0 Å². The number of nitrogens with zero attached hydrogens (tertiary/aromatic N) is 2. The Morgan fingerprint density at radius 2 is 1.00 bits per heavy atom. The summed E-state index contributed by atoms with van der Waals surface area (Å²) in [5, 5.41) is 7.61. The van der Waals surface area contributed by atoms with Crippen LogP contribution in [-0.2, 0) is 0 Å². The van der Waals surface area contributed by atoms with Crippen LogP contribution >= 0.6 is 11.3 Å². The van der Waals surface area contributed by atoms with Crippen LogP contribution in [0.5, 0.6) is 0 Å². The molecule has 0 unspecified atom stereocenters. The van der Waals surface area contributed by atoms with Gasteiger partial charge in [-0.05, 0) is 129 Å². The third-order valence-corrected chi connectivity index (χ3v) is 13.1. The first-order valence-electron chi connectivity index (χ1n) is 20.2. The van der Waals surface area contributed by atoms with E-state index in [1.165, 1.54) is 92.2 Å². The molecule has 0 spiro atoms. The molecule has 2 nitrogen and oxygen atoms in total. The fourth-order valence-electron chi connectivity index (χ4n) is 9.14. The predicted octanol–water partition coefficient (Wildman–Crippen LogP) is 16.6. The van der Waals surface area contributed by atoms with Crippen molar-refractivity contribution in [1.29, 1.82) is 0 Å². The summed E-state index contributed by atoms with van der Waals surface area (Å²) in [4.78, 5) is 4.82. The summed E-state index contributed by atoms with van der Waals surface area (Å²) in [6.07, 6.45) is 0. The van der Waals surface area contributed by atoms with Crippen LogP contribution in [0.1, 0.15) is 0 Å². The Labute approximate surface area is 347 Å². The largest absolute Gasteiger partial charge is 0.310 e. The number of anilines is 6. The zero-order valence-electron chi connectivity index (χ0n) is 32.1. The topological polar surface area (TPSA) is 6.48 Å². The minimum absolute atomic E-state index is 1.11. The summed E-state index contributed by atoms with van der Waals surface area (Å²) in [6.45, 7) is 0. The molecule has 0 bridgehead atoms. The van der Waals surface area contributed by atoms with Crippen molar-refractivity contribution in [3.05, 3.63) is 218 Å². The molecule has 0 atom stereocenters. The maximum Gasteiger partial charge on any atom is 0.0546 e. The zero-order chi connectivity index (χ0) is 38.9. The minimum atomic E-state index is 1.11. The van der Waals surface area contributed by atoms with E-state index in [4.69, 9.17) is 0 Å². The lowest BCUT2D eigenvalue weighted by Crippen LogP contribution is -2.15. The van der Waals surface area contributed by atoms with E-state index in [9.17, 15) is 0 Å². The minimum Gasteiger partial charge on any atom is -0.310 e. The molecule has 10 aromatic carbocycles. The summed E-state index contributed by atoms with van der Waals surface area (Å²) in [5.74, 6) is 0. The van der Waals surface area contributed by atoms with Gasteiger partial charge in [0.25, 0.3) is 0 Å². The van der Waals surface area contributed by atoms with Crippen LogP contribution in [0.3, 0.4) is 0 Å². The van der Waals surface area contributed by atoms with Crippen LogP contribution in [0.25, 0.3) is 75.1 Å². The standard InChI is InChI=1S/C56H36N2S/c1-3-12-37(13-4-1)40-16-9-19-46(33-40)57(44-17-5-2-6-18-44)45-28-26-38(27-29-45)41-24-25-42-35-53-50(34-43(42)32-41)49-21-10-14-39-15-11-22-52(56(39)49)58(53)47-30-31-55-51(36-47)48-20-7-8-23-54(48)59-55/h1-36H. The molecule has 0 fully saturated rings. The normalized spacial score (nSPS) is 12.0. The molecular formula is C56H36N2S. The number of fused-ring (bicyclic) bond motifs is 6. The lowest BCUT2D eigenvalue weighted by molar-refractivity contribution is 1.28. The van der Waals surface area contributed by atoms with Crippen LogP contribution in [0.2, 0.25) is 0 Å². The Bertz CT molecular complexity index is 3380. The van der Waals surface area contributed by atoms with Crippen molar-refractivity contribution < 1.29 is 0 Å². The molecule has 0 saturated heterocycles. The van der Waals surface area contributed by atoms with E-state index in [0.29, 0.717) is 0 Å². The molecule has 0 radical (unpaired) electrons. The number of thiophene rings is 1. The van der Waals surface area contributed by atoms with Crippen LogP contribution in [-0.4, -0.2) is 0 Å². The molecule has 2 heterocycles. The van der Waals surface area contributed by atoms with Gasteiger partial charge >= 0.3 is 0 Å². The predicted molar refractivity (Wildman–Crippen MR) is 254 cm³/mol. The molecule has 1 aromatic heterocycles. The highest BCUT2D eigenvalue weighted by molar-refractivity contribution is 7.25. The Balaban J connectivity index is 0.956. The van der Waals surface area contributed by atoms with Crippen molar-refractivity contribution in [3.63, 3.8) is 0 Å². The van der Waals surface area contributed by atoms with Gasteiger partial charge in [-0.2, -0.15) is 0 Å². The first kappa shape index (κ1) is 33.7. The van der Waals surface area contributed by atoms with Crippen LogP contribution in [0, 0.1) is 0 Å². The monoisotopic (exact) mass is 768 g/mol. The molecule has 0 aliphatic carbocycles. The van der Waals surface area contributed by atoms with Gasteiger partial charge in [0.1, 0.15) is 0 Å². The molecule has 1 aliphatic heterocycles. The molecule has 12 rings (SSSR count). The highest BCUT2D eigenvalue weighted by Gasteiger charge is 2.27. The summed E-state index contributed by atoms with van der Waals surface area (Å²) in [6, 6.07) is 80.0. The van der Waals surface area contributed by atoms with E-state index in [1.807, 2.05) is 11.3 Å². The molecule has 1 aliphatic rings. The van der Waals surface area contributed by atoms with Gasteiger partial charge in [0.15, 0.2) is 0 Å². The van der Waals surface area contributed by atoms with Gasteiger partial charge < -0.3 is 9.80 Å². The lowest BCUT2D eigenvalue weighted by Gasteiger charge is -2.34. The number of rotatable bonds is 6. The zero-order valence-corrected chi connectivity index (χ0v) is 32.9. The van der Waals surface area contributed by atoms with Gasteiger partial charge in [-0.15, -0.1) is 11.3 Å². The van der Waals surface area contributed by atoms with E-state index in [2.05, 4.69) is 228 Å². The highest BCUT2D eigenvalue weighted by Crippen LogP contribution is 2.53. The van der Waals surface area contributed by atoms with Crippen molar-refractivity contribution in [2.75, 3.05) is 9.80 Å². The molecule has 11 aromatic rings. The van der Waals surface area contributed by atoms with Crippen molar-refractivity contribution in [2.45, 2.75) is 0 Å². The average molecular weight is 769 g/mol. The number of hydrogen-bond donors (Lipinski definition) is 0. The fraction of sp³-hybridized carbons (Fsp3) is 0. The maximum absolute atomic E-state index is 2.48. The van der Waals surface area contributed by atoms with Crippen molar-refractivity contribution >= 4 is 87.2 Å². The summed E-state index contributed by atoms with van der Waals surface area (Å²) < 4.78 is 2.64. The first-order valence-corrected chi connectivity index (χ1v) is 21.0. The Kier molecular flexibility index (Phi) is 7.75. The highest BCUT2D eigenvalue weighted by atomic mass is 32.1. The quantitative estimate of drug-likeness (QED) is 0.166. The Morgan fingerprint density at radius 3 is 1.86 bits per heavy atom. The van der Waals surface area contributed by atoms with E-state index >= 15 is 0 Å². The third-order valence-electron chi connectivity index (χ3n) is 11.9. The Hall–Kier alpha value is -7.46. The van der Waals surface area contributed by atoms with Crippen LogP contribution < -0.4 is 9.80 Å². The van der Waals surface area contributed by atoms with Gasteiger partial charge in [0, 0.05) is 53.9 Å². The Morgan fingerprint density at radius 1 is 0.339 bits per heavy atom. The van der Waals surface area contributed by atoms with Crippen LogP contribution in [0.15, 0.2) is 218 Å². The van der Waals surface area contributed by atoms with Crippen molar-refractivity contribution in [2.24, 2.45) is 0 Å². The molecular weight excluding hydrogens is 733 g/mol. The molecule has 276 valence electrons. The fourth-order valence-corrected chi connectivity index (χ4v) is 10.2. The summed E-state index contributed by atoms with van der Waals surface area (Å²) >= 11 is 1.87. The smallest absolute Gasteiger partial charge is 0.0546 e. The average Bonchev–Trinajstić information content (AvgIpc) is 3.68. The lowest BCUT2D eigenvalue weighted by atomic mass is 9.88. The molecule has 0 N–H and O–H groups in total. The van der Waals surface area contributed by atoms with Gasteiger partial charge in [-0.3, -0.25) is 0 Å². The number of para-hydroxylation sites is 1. The second-order valence-corrected chi connectivity index (χ2v) is 16.4. The van der Waals surface area contributed by atoms with Gasteiger partial charge in [0.2, 0.25) is 0 Å².